The number of carbonyl (C=O) groups excluding carboxylic acids is 1. The molecule has 0 radical (unpaired) electrons. The van der Waals surface area contributed by atoms with E-state index in [-0.39, 0.29) is 11.9 Å². The first-order chi connectivity index (χ1) is 10.1. The van der Waals surface area contributed by atoms with Gasteiger partial charge in [-0.1, -0.05) is 31.3 Å². The van der Waals surface area contributed by atoms with Crippen LogP contribution in [0.3, 0.4) is 0 Å². The first-order valence-electron chi connectivity index (χ1n) is 7.52. The van der Waals surface area contributed by atoms with Crippen molar-refractivity contribution >= 4 is 5.91 Å². The van der Waals surface area contributed by atoms with Gasteiger partial charge < -0.3 is 9.84 Å². The van der Waals surface area contributed by atoms with Crippen molar-refractivity contribution in [3.05, 3.63) is 17.5 Å². The Bertz CT molecular complexity index is 516. The standard InChI is InChI=1S/C16H23N3O2/c1-4-8-19-9-6-5-7-15(19)16(20)17-11-13-10-14(12(2)3)18-21-13/h1,10,12,15H,5-9,11H2,2-3H3,(H,17,20). The zero-order chi connectivity index (χ0) is 15.2. The third-order valence-corrected chi connectivity index (χ3v) is 3.82. The van der Waals surface area contributed by atoms with Crippen LogP contribution in [0.15, 0.2) is 10.6 Å². The van der Waals surface area contributed by atoms with Gasteiger partial charge in [0, 0.05) is 6.07 Å². The molecule has 0 bridgehead atoms. The van der Waals surface area contributed by atoms with Gasteiger partial charge in [0.2, 0.25) is 5.91 Å². The number of aromatic nitrogens is 1. The van der Waals surface area contributed by atoms with Crippen LogP contribution >= 0.6 is 0 Å². The Hall–Kier alpha value is -1.80. The molecule has 1 fully saturated rings. The number of amides is 1. The van der Waals surface area contributed by atoms with E-state index in [0.29, 0.717) is 24.8 Å². The van der Waals surface area contributed by atoms with Crippen LogP contribution in [0, 0.1) is 12.3 Å². The van der Waals surface area contributed by atoms with Gasteiger partial charge in [0.1, 0.15) is 0 Å². The topological polar surface area (TPSA) is 58.4 Å². The molecule has 5 heteroatoms. The number of likely N-dealkylation sites (tertiary alicyclic amines) is 1. The van der Waals surface area contributed by atoms with Crippen molar-refractivity contribution in [3.8, 4) is 12.3 Å². The van der Waals surface area contributed by atoms with E-state index < -0.39 is 0 Å². The Morgan fingerprint density at radius 3 is 3.10 bits per heavy atom. The molecule has 1 aromatic rings. The van der Waals surface area contributed by atoms with Crippen LogP contribution in [0.5, 0.6) is 0 Å². The minimum absolute atomic E-state index is 0.0208. The molecule has 1 N–H and O–H groups in total. The number of rotatable bonds is 5. The Morgan fingerprint density at radius 1 is 1.62 bits per heavy atom. The summed E-state index contributed by atoms with van der Waals surface area (Å²) < 4.78 is 5.23. The lowest BCUT2D eigenvalue weighted by atomic mass is 10.0. The number of carbonyl (C=O) groups is 1. The number of nitrogens with one attached hydrogen (secondary N) is 1. The first-order valence-corrected chi connectivity index (χ1v) is 7.52. The highest BCUT2D eigenvalue weighted by Gasteiger charge is 2.27. The SMILES string of the molecule is C#CCN1CCCCC1C(=O)NCc1cc(C(C)C)no1. The summed E-state index contributed by atoms with van der Waals surface area (Å²) in [6.07, 6.45) is 8.40. The van der Waals surface area contributed by atoms with Crippen LogP contribution in [0.2, 0.25) is 0 Å². The number of terminal acetylenes is 1. The Kier molecular flexibility index (Phi) is 5.40. The summed E-state index contributed by atoms with van der Waals surface area (Å²) in [5, 5.41) is 6.91. The molecule has 5 nitrogen and oxygen atoms in total. The second-order valence-corrected chi connectivity index (χ2v) is 5.78. The van der Waals surface area contributed by atoms with Crippen molar-refractivity contribution in [2.45, 2.75) is 51.6 Å². The predicted octanol–water partition coefficient (Wildman–Crippen LogP) is 1.90. The van der Waals surface area contributed by atoms with Crippen LogP contribution in [0.4, 0.5) is 0 Å². The maximum Gasteiger partial charge on any atom is 0.237 e. The summed E-state index contributed by atoms with van der Waals surface area (Å²) in [7, 11) is 0. The molecule has 1 atom stereocenters. The van der Waals surface area contributed by atoms with Gasteiger partial charge >= 0.3 is 0 Å². The fourth-order valence-electron chi connectivity index (χ4n) is 2.57. The van der Waals surface area contributed by atoms with Gasteiger partial charge in [0.25, 0.3) is 0 Å². The maximum atomic E-state index is 12.3. The van der Waals surface area contributed by atoms with Crippen molar-refractivity contribution in [2.75, 3.05) is 13.1 Å². The molecule has 1 aliphatic rings. The lowest BCUT2D eigenvalue weighted by molar-refractivity contribution is -0.127. The summed E-state index contributed by atoms with van der Waals surface area (Å²) in [4.78, 5) is 14.4. The molecule has 1 unspecified atom stereocenters. The van der Waals surface area contributed by atoms with Gasteiger partial charge in [0.15, 0.2) is 5.76 Å². The third kappa shape index (κ3) is 4.08. The molecule has 1 amide bonds. The number of nitrogens with zero attached hydrogens (tertiary/aromatic N) is 2. The third-order valence-electron chi connectivity index (χ3n) is 3.82. The van der Waals surface area contributed by atoms with Gasteiger partial charge in [-0.25, -0.2) is 0 Å². The number of hydrogen-bond acceptors (Lipinski definition) is 4. The molecule has 0 spiro atoms. The second-order valence-electron chi connectivity index (χ2n) is 5.78. The lowest BCUT2D eigenvalue weighted by Crippen LogP contribution is -2.49. The summed E-state index contributed by atoms with van der Waals surface area (Å²) >= 11 is 0. The first kappa shape index (κ1) is 15.6. The normalized spacial score (nSPS) is 19.4. The zero-order valence-electron chi connectivity index (χ0n) is 12.8. The van der Waals surface area contributed by atoms with E-state index in [9.17, 15) is 4.79 Å². The highest BCUT2D eigenvalue weighted by molar-refractivity contribution is 5.81. The average molecular weight is 289 g/mol. The molecular weight excluding hydrogens is 266 g/mol. The van der Waals surface area contributed by atoms with Gasteiger partial charge in [-0.15, -0.1) is 6.42 Å². The average Bonchev–Trinajstić information content (AvgIpc) is 2.95. The van der Waals surface area contributed by atoms with E-state index in [2.05, 4.69) is 35.1 Å². The maximum absolute atomic E-state index is 12.3. The van der Waals surface area contributed by atoms with Gasteiger partial charge in [-0.2, -0.15) is 0 Å². The van der Waals surface area contributed by atoms with Crippen molar-refractivity contribution in [1.82, 2.24) is 15.4 Å². The molecule has 0 aliphatic carbocycles. The molecular formula is C16H23N3O2. The highest BCUT2D eigenvalue weighted by Crippen LogP contribution is 2.17. The molecule has 0 saturated carbocycles. The quantitative estimate of drug-likeness (QED) is 0.841. The van der Waals surface area contributed by atoms with Gasteiger partial charge in [-0.3, -0.25) is 9.69 Å². The van der Waals surface area contributed by atoms with Crippen LogP contribution in [0.25, 0.3) is 0 Å². The Morgan fingerprint density at radius 2 is 2.43 bits per heavy atom. The summed E-state index contributed by atoms with van der Waals surface area (Å²) in [6.45, 7) is 5.90. The summed E-state index contributed by atoms with van der Waals surface area (Å²) in [5.74, 6) is 3.66. The molecule has 21 heavy (non-hydrogen) atoms. The fourth-order valence-corrected chi connectivity index (χ4v) is 2.57. The molecule has 114 valence electrons. The molecule has 1 aliphatic heterocycles. The summed E-state index contributed by atoms with van der Waals surface area (Å²) in [5.41, 5.74) is 0.908. The fraction of sp³-hybridized carbons (Fsp3) is 0.625. The van der Waals surface area contributed by atoms with E-state index in [4.69, 9.17) is 10.9 Å². The molecule has 2 heterocycles. The van der Waals surface area contributed by atoms with Crippen LogP contribution < -0.4 is 5.32 Å². The Balaban J connectivity index is 1.89. The summed E-state index contributed by atoms with van der Waals surface area (Å²) in [6, 6.07) is 1.77. The monoisotopic (exact) mass is 289 g/mol. The largest absolute Gasteiger partial charge is 0.359 e. The number of hydrogen-bond donors (Lipinski definition) is 1. The van der Waals surface area contributed by atoms with Gasteiger partial charge in [-0.05, 0) is 25.3 Å². The molecule has 0 aromatic carbocycles. The van der Waals surface area contributed by atoms with Gasteiger partial charge in [0.05, 0.1) is 24.8 Å². The lowest BCUT2D eigenvalue weighted by Gasteiger charge is -2.33. The highest BCUT2D eigenvalue weighted by atomic mass is 16.5. The Labute approximate surface area is 126 Å². The second kappa shape index (κ2) is 7.28. The number of piperidine rings is 1. The molecule has 1 aromatic heterocycles. The predicted molar refractivity (Wildman–Crippen MR) is 80.5 cm³/mol. The van der Waals surface area contributed by atoms with Crippen molar-refractivity contribution < 1.29 is 9.32 Å². The minimum atomic E-state index is -0.123. The van der Waals surface area contributed by atoms with Crippen LogP contribution in [-0.4, -0.2) is 35.1 Å². The van der Waals surface area contributed by atoms with E-state index in [1.165, 1.54) is 0 Å². The minimum Gasteiger partial charge on any atom is -0.359 e. The van der Waals surface area contributed by atoms with E-state index in [0.717, 1.165) is 31.5 Å². The molecule has 1 saturated heterocycles. The van der Waals surface area contributed by atoms with E-state index >= 15 is 0 Å². The van der Waals surface area contributed by atoms with Crippen molar-refractivity contribution in [1.29, 1.82) is 0 Å². The zero-order valence-corrected chi connectivity index (χ0v) is 12.8. The van der Waals surface area contributed by atoms with Crippen molar-refractivity contribution in [2.24, 2.45) is 0 Å². The van der Waals surface area contributed by atoms with Crippen LogP contribution in [-0.2, 0) is 11.3 Å². The van der Waals surface area contributed by atoms with E-state index in [1.807, 2.05) is 6.07 Å². The van der Waals surface area contributed by atoms with E-state index in [1.54, 1.807) is 0 Å². The molecule has 2 rings (SSSR count). The van der Waals surface area contributed by atoms with Crippen molar-refractivity contribution in [3.63, 3.8) is 0 Å². The van der Waals surface area contributed by atoms with Crippen LogP contribution in [0.1, 0.15) is 50.5 Å². The smallest absolute Gasteiger partial charge is 0.237 e.